The van der Waals surface area contributed by atoms with Crippen LogP contribution < -0.4 is 5.32 Å². The third-order valence-electron chi connectivity index (χ3n) is 3.06. The molecule has 1 rings (SSSR count). The zero-order valence-electron chi connectivity index (χ0n) is 9.70. The first-order valence-electron chi connectivity index (χ1n) is 5.73. The Morgan fingerprint density at radius 3 is 2.67 bits per heavy atom. The van der Waals surface area contributed by atoms with Gasteiger partial charge in [0.2, 0.25) is 10.0 Å². The summed E-state index contributed by atoms with van der Waals surface area (Å²) in [5, 5.41) is 3.37. The lowest BCUT2D eigenvalue weighted by molar-refractivity contribution is 0.389. The molecule has 1 saturated heterocycles. The number of nitrogens with zero attached hydrogens (tertiary/aromatic N) is 1. The van der Waals surface area contributed by atoms with Crippen LogP contribution in [0.5, 0.6) is 0 Å². The molecule has 0 aromatic carbocycles. The van der Waals surface area contributed by atoms with E-state index in [4.69, 9.17) is 0 Å². The van der Waals surface area contributed by atoms with E-state index in [0.717, 1.165) is 19.4 Å². The first kappa shape index (κ1) is 12.9. The molecule has 1 atom stereocenters. The molecule has 0 radical (unpaired) electrons. The van der Waals surface area contributed by atoms with Gasteiger partial charge in [-0.25, -0.2) is 12.7 Å². The first-order valence-corrected chi connectivity index (χ1v) is 7.34. The van der Waals surface area contributed by atoms with E-state index in [1.54, 1.807) is 7.05 Å². The SMILES string of the molecule is CCN(C)S(=O)(=O)CCC1CCCCN1. The van der Waals surface area contributed by atoms with Gasteiger partial charge in [0.25, 0.3) is 0 Å². The van der Waals surface area contributed by atoms with Crippen molar-refractivity contribution in [1.29, 1.82) is 0 Å². The number of hydrogen-bond donors (Lipinski definition) is 1. The fourth-order valence-corrected chi connectivity index (χ4v) is 3.10. The predicted octanol–water partition coefficient (Wildman–Crippen LogP) is 0.800. The molecule has 0 spiro atoms. The van der Waals surface area contributed by atoms with Crippen LogP contribution in [0, 0.1) is 0 Å². The highest BCUT2D eigenvalue weighted by molar-refractivity contribution is 7.89. The van der Waals surface area contributed by atoms with Crippen molar-refractivity contribution in [3.8, 4) is 0 Å². The Morgan fingerprint density at radius 1 is 1.40 bits per heavy atom. The zero-order valence-corrected chi connectivity index (χ0v) is 10.5. The zero-order chi connectivity index (χ0) is 11.3. The smallest absolute Gasteiger partial charge is 0.213 e. The van der Waals surface area contributed by atoms with Crippen LogP contribution in [0.2, 0.25) is 0 Å². The van der Waals surface area contributed by atoms with Crippen molar-refractivity contribution in [3.63, 3.8) is 0 Å². The Balaban J connectivity index is 2.35. The van der Waals surface area contributed by atoms with Crippen LogP contribution in [0.3, 0.4) is 0 Å². The minimum absolute atomic E-state index is 0.273. The molecule has 15 heavy (non-hydrogen) atoms. The molecule has 0 amide bonds. The predicted molar refractivity (Wildman–Crippen MR) is 62.3 cm³/mol. The van der Waals surface area contributed by atoms with Gasteiger partial charge in [0.1, 0.15) is 0 Å². The van der Waals surface area contributed by atoms with Gasteiger partial charge in [-0.15, -0.1) is 0 Å². The van der Waals surface area contributed by atoms with Crippen molar-refractivity contribution in [1.82, 2.24) is 9.62 Å². The second-order valence-corrected chi connectivity index (χ2v) is 6.36. The molecular formula is C10H22N2O2S. The molecule has 4 nitrogen and oxygen atoms in total. The molecule has 1 aliphatic rings. The van der Waals surface area contributed by atoms with Gasteiger partial charge in [-0.2, -0.15) is 0 Å². The van der Waals surface area contributed by atoms with Crippen molar-refractivity contribution in [2.45, 2.75) is 38.6 Å². The molecule has 0 aliphatic carbocycles. The first-order chi connectivity index (χ1) is 7.06. The molecule has 1 heterocycles. The van der Waals surface area contributed by atoms with Gasteiger partial charge in [-0.1, -0.05) is 13.3 Å². The molecule has 1 unspecified atom stereocenters. The van der Waals surface area contributed by atoms with Gasteiger partial charge in [-0.3, -0.25) is 0 Å². The molecule has 0 saturated carbocycles. The molecule has 1 fully saturated rings. The lowest BCUT2D eigenvalue weighted by Gasteiger charge is -2.24. The number of piperidine rings is 1. The van der Waals surface area contributed by atoms with E-state index in [1.807, 2.05) is 6.92 Å². The largest absolute Gasteiger partial charge is 0.314 e. The lowest BCUT2D eigenvalue weighted by atomic mass is 10.0. The molecule has 1 aliphatic heterocycles. The maximum atomic E-state index is 11.7. The average Bonchev–Trinajstić information content (AvgIpc) is 2.27. The van der Waals surface area contributed by atoms with Crippen molar-refractivity contribution in [2.75, 3.05) is 25.9 Å². The summed E-state index contributed by atoms with van der Waals surface area (Å²) in [4.78, 5) is 0. The molecular weight excluding hydrogens is 212 g/mol. The summed E-state index contributed by atoms with van der Waals surface area (Å²) in [5.41, 5.74) is 0. The highest BCUT2D eigenvalue weighted by Crippen LogP contribution is 2.12. The van der Waals surface area contributed by atoms with Gasteiger partial charge in [0.15, 0.2) is 0 Å². The Labute approximate surface area is 93.1 Å². The Hall–Kier alpha value is -0.130. The Kier molecular flexibility index (Phi) is 5.02. The van der Waals surface area contributed by atoms with Crippen LogP contribution in [-0.2, 0) is 10.0 Å². The highest BCUT2D eigenvalue weighted by Gasteiger charge is 2.19. The summed E-state index contributed by atoms with van der Waals surface area (Å²) in [6.07, 6.45) is 4.30. The number of hydrogen-bond acceptors (Lipinski definition) is 3. The fourth-order valence-electron chi connectivity index (χ4n) is 1.81. The monoisotopic (exact) mass is 234 g/mol. The number of rotatable bonds is 5. The van der Waals surface area contributed by atoms with Gasteiger partial charge < -0.3 is 5.32 Å². The van der Waals surface area contributed by atoms with Gasteiger partial charge in [0, 0.05) is 19.6 Å². The van der Waals surface area contributed by atoms with E-state index in [1.165, 1.54) is 17.1 Å². The van der Waals surface area contributed by atoms with E-state index in [0.29, 0.717) is 12.6 Å². The van der Waals surface area contributed by atoms with E-state index in [-0.39, 0.29) is 5.75 Å². The van der Waals surface area contributed by atoms with Crippen LogP contribution in [0.25, 0.3) is 0 Å². The van der Waals surface area contributed by atoms with E-state index >= 15 is 0 Å². The quantitative estimate of drug-likeness (QED) is 0.765. The fraction of sp³-hybridized carbons (Fsp3) is 1.00. The Bertz CT molecular complexity index is 271. The maximum absolute atomic E-state index is 11.7. The minimum atomic E-state index is -3.02. The molecule has 0 aromatic rings. The van der Waals surface area contributed by atoms with E-state index in [2.05, 4.69) is 5.32 Å². The van der Waals surface area contributed by atoms with Crippen LogP contribution >= 0.6 is 0 Å². The highest BCUT2D eigenvalue weighted by atomic mass is 32.2. The van der Waals surface area contributed by atoms with Gasteiger partial charge in [-0.05, 0) is 25.8 Å². The molecule has 90 valence electrons. The van der Waals surface area contributed by atoms with Crippen LogP contribution in [0.1, 0.15) is 32.6 Å². The standard InChI is InChI=1S/C10H22N2O2S/c1-3-12(2)15(13,14)9-7-10-6-4-5-8-11-10/h10-11H,3-9H2,1-2H3. The van der Waals surface area contributed by atoms with Crippen LogP contribution in [-0.4, -0.2) is 44.7 Å². The van der Waals surface area contributed by atoms with Gasteiger partial charge >= 0.3 is 0 Å². The van der Waals surface area contributed by atoms with Crippen molar-refractivity contribution in [3.05, 3.63) is 0 Å². The number of sulfonamides is 1. The molecule has 1 N–H and O–H groups in total. The van der Waals surface area contributed by atoms with E-state index < -0.39 is 10.0 Å². The summed E-state index contributed by atoms with van der Waals surface area (Å²) in [6.45, 7) is 3.45. The third-order valence-corrected chi connectivity index (χ3v) is 5.02. The van der Waals surface area contributed by atoms with Gasteiger partial charge in [0.05, 0.1) is 5.75 Å². The average molecular weight is 234 g/mol. The summed E-state index contributed by atoms with van der Waals surface area (Å²) in [6, 6.07) is 0.402. The molecule has 5 heteroatoms. The number of nitrogens with one attached hydrogen (secondary N) is 1. The van der Waals surface area contributed by atoms with Crippen molar-refractivity contribution < 1.29 is 8.42 Å². The van der Waals surface area contributed by atoms with E-state index in [9.17, 15) is 8.42 Å². The second kappa shape index (κ2) is 5.82. The topological polar surface area (TPSA) is 49.4 Å². The minimum Gasteiger partial charge on any atom is -0.314 e. The summed E-state index contributed by atoms with van der Waals surface area (Å²) < 4.78 is 24.8. The Morgan fingerprint density at radius 2 is 2.13 bits per heavy atom. The third kappa shape index (κ3) is 4.09. The summed E-state index contributed by atoms with van der Waals surface area (Å²) in [5.74, 6) is 0.273. The van der Waals surface area contributed by atoms with Crippen LogP contribution in [0.15, 0.2) is 0 Å². The molecule has 0 bridgehead atoms. The lowest BCUT2D eigenvalue weighted by Crippen LogP contribution is -2.37. The van der Waals surface area contributed by atoms with Crippen LogP contribution in [0.4, 0.5) is 0 Å². The maximum Gasteiger partial charge on any atom is 0.213 e. The normalized spacial score (nSPS) is 23.3. The molecule has 0 aromatic heterocycles. The van der Waals surface area contributed by atoms with Crippen molar-refractivity contribution in [2.24, 2.45) is 0 Å². The van der Waals surface area contributed by atoms with Crippen molar-refractivity contribution >= 4 is 10.0 Å². The second-order valence-electron chi connectivity index (χ2n) is 4.17. The summed E-state index contributed by atoms with van der Waals surface area (Å²) >= 11 is 0. The summed E-state index contributed by atoms with van der Waals surface area (Å²) in [7, 11) is -1.37.